The molecular formula is C12H16N2O6. The highest BCUT2D eigenvalue weighted by atomic mass is 16.6. The first-order valence-corrected chi connectivity index (χ1v) is 6.08. The highest BCUT2D eigenvalue weighted by Crippen LogP contribution is 2.26. The van der Waals surface area contributed by atoms with Crippen LogP contribution in [0.2, 0.25) is 0 Å². The summed E-state index contributed by atoms with van der Waals surface area (Å²) in [7, 11) is 0. The molecule has 1 aliphatic rings. The Labute approximate surface area is 114 Å². The number of nitro benzene ring substituents is 1. The van der Waals surface area contributed by atoms with Crippen molar-refractivity contribution in [2.24, 2.45) is 0 Å². The molecule has 0 saturated carbocycles. The monoisotopic (exact) mass is 284 g/mol. The largest absolute Gasteiger partial charge is 0.394 e. The van der Waals surface area contributed by atoms with Gasteiger partial charge in [-0.2, -0.15) is 0 Å². The molecule has 0 radical (unpaired) electrons. The van der Waals surface area contributed by atoms with Crippen LogP contribution in [-0.4, -0.2) is 51.4 Å². The van der Waals surface area contributed by atoms with Gasteiger partial charge in [0.1, 0.15) is 18.3 Å². The van der Waals surface area contributed by atoms with E-state index in [0.29, 0.717) is 11.3 Å². The van der Waals surface area contributed by atoms with E-state index in [-0.39, 0.29) is 5.69 Å². The lowest BCUT2D eigenvalue weighted by Crippen LogP contribution is -2.36. The first-order chi connectivity index (χ1) is 9.43. The fraction of sp³-hybridized carbons (Fsp3) is 0.500. The third kappa shape index (κ3) is 2.73. The number of nitrogens with one attached hydrogen (secondary N) is 1. The molecule has 1 saturated heterocycles. The average molecular weight is 284 g/mol. The van der Waals surface area contributed by atoms with Crippen molar-refractivity contribution in [1.29, 1.82) is 0 Å². The lowest BCUT2D eigenvalue weighted by molar-refractivity contribution is -0.384. The number of nitrogens with zero attached hydrogens (tertiary/aromatic N) is 1. The quantitative estimate of drug-likeness (QED) is 0.444. The Morgan fingerprint density at radius 1 is 1.40 bits per heavy atom. The van der Waals surface area contributed by atoms with Crippen LogP contribution in [0, 0.1) is 17.0 Å². The molecule has 0 aromatic heterocycles. The molecule has 0 spiro atoms. The lowest BCUT2D eigenvalue weighted by Gasteiger charge is -2.19. The molecule has 0 unspecified atom stereocenters. The molecule has 1 aromatic rings. The zero-order valence-corrected chi connectivity index (χ0v) is 10.8. The third-order valence-corrected chi connectivity index (χ3v) is 3.26. The number of aliphatic hydroxyl groups excluding tert-OH is 3. The highest BCUT2D eigenvalue weighted by molar-refractivity contribution is 5.55. The summed E-state index contributed by atoms with van der Waals surface area (Å²) in [6.07, 6.45) is -4.12. The summed E-state index contributed by atoms with van der Waals surface area (Å²) < 4.78 is 5.28. The van der Waals surface area contributed by atoms with Crippen molar-refractivity contribution >= 4 is 11.4 Å². The van der Waals surface area contributed by atoms with E-state index < -0.39 is 36.1 Å². The minimum absolute atomic E-state index is 0.0331. The summed E-state index contributed by atoms with van der Waals surface area (Å²) in [6, 6.07) is 4.22. The molecule has 0 bridgehead atoms. The van der Waals surface area contributed by atoms with Crippen LogP contribution in [0.4, 0.5) is 11.4 Å². The topological polar surface area (TPSA) is 125 Å². The number of hydrogen-bond donors (Lipinski definition) is 4. The van der Waals surface area contributed by atoms with Crippen molar-refractivity contribution < 1.29 is 25.0 Å². The Kier molecular flexibility index (Phi) is 4.19. The molecular weight excluding hydrogens is 268 g/mol. The molecule has 8 heteroatoms. The first kappa shape index (κ1) is 14.7. The Morgan fingerprint density at radius 3 is 2.60 bits per heavy atom. The molecule has 8 nitrogen and oxygen atoms in total. The maximum absolute atomic E-state index is 10.6. The van der Waals surface area contributed by atoms with Crippen molar-refractivity contribution in [1.82, 2.24) is 0 Å². The zero-order valence-electron chi connectivity index (χ0n) is 10.8. The van der Waals surface area contributed by atoms with Gasteiger partial charge in [0, 0.05) is 17.8 Å². The van der Waals surface area contributed by atoms with Gasteiger partial charge in [0.15, 0.2) is 6.23 Å². The van der Waals surface area contributed by atoms with Crippen molar-refractivity contribution in [3.8, 4) is 0 Å². The van der Waals surface area contributed by atoms with E-state index in [4.69, 9.17) is 9.84 Å². The maximum Gasteiger partial charge on any atom is 0.269 e. The average Bonchev–Trinajstić information content (AvgIpc) is 2.68. The van der Waals surface area contributed by atoms with Crippen LogP contribution in [0.3, 0.4) is 0 Å². The third-order valence-electron chi connectivity index (χ3n) is 3.26. The predicted molar refractivity (Wildman–Crippen MR) is 69.2 cm³/mol. The van der Waals surface area contributed by atoms with E-state index in [1.165, 1.54) is 18.2 Å². The van der Waals surface area contributed by atoms with Crippen LogP contribution < -0.4 is 5.32 Å². The number of non-ortho nitro benzene ring substituents is 1. The molecule has 4 atom stereocenters. The lowest BCUT2D eigenvalue weighted by atomic mass is 10.1. The minimum atomic E-state index is -1.19. The number of hydrogen-bond acceptors (Lipinski definition) is 7. The second-order valence-electron chi connectivity index (χ2n) is 4.66. The van der Waals surface area contributed by atoms with Gasteiger partial charge in [-0.25, -0.2) is 0 Å². The summed E-state index contributed by atoms with van der Waals surface area (Å²) in [5.74, 6) is 0. The Morgan fingerprint density at radius 2 is 2.10 bits per heavy atom. The van der Waals surface area contributed by atoms with Crippen molar-refractivity contribution in [3.63, 3.8) is 0 Å². The van der Waals surface area contributed by atoms with Crippen molar-refractivity contribution in [3.05, 3.63) is 33.9 Å². The number of anilines is 1. The number of aryl methyl sites for hydroxylation is 1. The van der Waals surface area contributed by atoms with E-state index >= 15 is 0 Å². The van der Waals surface area contributed by atoms with Crippen LogP contribution in [-0.2, 0) is 4.74 Å². The number of rotatable bonds is 4. The van der Waals surface area contributed by atoms with Gasteiger partial charge in [-0.1, -0.05) is 0 Å². The second-order valence-corrected chi connectivity index (χ2v) is 4.66. The van der Waals surface area contributed by atoms with Gasteiger partial charge < -0.3 is 25.4 Å². The second kappa shape index (κ2) is 5.71. The van der Waals surface area contributed by atoms with Gasteiger partial charge in [0.05, 0.1) is 11.5 Å². The first-order valence-electron chi connectivity index (χ1n) is 6.08. The van der Waals surface area contributed by atoms with E-state index in [1.54, 1.807) is 6.92 Å². The number of benzene rings is 1. The van der Waals surface area contributed by atoms with Crippen LogP contribution in [0.5, 0.6) is 0 Å². The molecule has 4 N–H and O–H groups in total. The molecule has 110 valence electrons. The molecule has 2 rings (SSSR count). The van der Waals surface area contributed by atoms with Gasteiger partial charge in [0.2, 0.25) is 0 Å². The van der Waals surface area contributed by atoms with Crippen molar-refractivity contribution in [2.75, 3.05) is 11.9 Å². The van der Waals surface area contributed by atoms with E-state index in [1.807, 2.05) is 0 Å². The fourth-order valence-electron chi connectivity index (χ4n) is 2.10. The Bertz CT molecular complexity index is 509. The minimum Gasteiger partial charge on any atom is -0.394 e. The summed E-state index contributed by atoms with van der Waals surface area (Å²) >= 11 is 0. The van der Waals surface area contributed by atoms with E-state index in [9.17, 15) is 20.3 Å². The number of ether oxygens (including phenoxy) is 1. The molecule has 1 heterocycles. The molecule has 0 aliphatic carbocycles. The van der Waals surface area contributed by atoms with Crippen LogP contribution >= 0.6 is 0 Å². The summed E-state index contributed by atoms with van der Waals surface area (Å²) in [5, 5.41) is 41.9. The van der Waals surface area contributed by atoms with E-state index in [2.05, 4.69) is 5.32 Å². The maximum atomic E-state index is 10.6. The van der Waals surface area contributed by atoms with Crippen LogP contribution in [0.1, 0.15) is 5.56 Å². The highest BCUT2D eigenvalue weighted by Gasteiger charge is 2.42. The van der Waals surface area contributed by atoms with Gasteiger partial charge in [0.25, 0.3) is 5.69 Å². The van der Waals surface area contributed by atoms with Gasteiger partial charge >= 0.3 is 0 Å². The summed E-state index contributed by atoms with van der Waals surface area (Å²) in [4.78, 5) is 10.1. The number of nitro groups is 1. The normalized spacial score (nSPS) is 29.4. The number of aliphatic hydroxyl groups is 3. The van der Waals surface area contributed by atoms with Gasteiger partial charge in [-0.3, -0.25) is 10.1 Å². The zero-order chi connectivity index (χ0) is 14.9. The smallest absolute Gasteiger partial charge is 0.269 e. The molecule has 1 aromatic carbocycles. The molecule has 0 amide bonds. The van der Waals surface area contributed by atoms with E-state index in [0.717, 1.165) is 0 Å². The van der Waals surface area contributed by atoms with Gasteiger partial charge in [-0.05, 0) is 18.6 Å². The molecule has 20 heavy (non-hydrogen) atoms. The van der Waals surface area contributed by atoms with Crippen LogP contribution in [0.15, 0.2) is 18.2 Å². The molecule has 1 fully saturated rings. The standard InChI is InChI=1S/C12H16N2O6/c1-6-4-7(14(18)19)2-3-8(6)13-12-11(17)10(16)9(5-15)20-12/h2-4,9-13,15-17H,5H2,1H3/t9-,10-,11-,12-/m1/s1. The molecule has 1 aliphatic heterocycles. The fourth-order valence-corrected chi connectivity index (χ4v) is 2.10. The van der Waals surface area contributed by atoms with Gasteiger partial charge in [-0.15, -0.1) is 0 Å². The van der Waals surface area contributed by atoms with Crippen molar-refractivity contribution in [2.45, 2.75) is 31.5 Å². The summed E-state index contributed by atoms with van der Waals surface area (Å²) in [5.41, 5.74) is 1.12. The Balaban J connectivity index is 2.13. The SMILES string of the molecule is Cc1cc([N+](=O)[O-])ccc1N[C@@H]1O[C@H](CO)[C@@H](O)[C@H]1O. The Hall–Kier alpha value is -1.74. The summed E-state index contributed by atoms with van der Waals surface area (Å²) in [6.45, 7) is 1.27. The van der Waals surface area contributed by atoms with Crippen LogP contribution in [0.25, 0.3) is 0 Å². The predicted octanol–water partition coefficient (Wildman–Crippen LogP) is -0.246.